The Bertz CT molecular complexity index is 603. The van der Waals surface area contributed by atoms with Crippen LogP contribution in [0.2, 0.25) is 0 Å². The van der Waals surface area contributed by atoms with Crippen LogP contribution in [-0.4, -0.2) is 13.1 Å². The number of hydrogen-bond donors (Lipinski definition) is 0. The number of rotatable bonds is 4. The van der Waals surface area contributed by atoms with Crippen LogP contribution in [0, 0.1) is 5.82 Å². The second-order valence-electron chi connectivity index (χ2n) is 4.06. The van der Waals surface area contributed by atoms with E-state index in [4.69, 9.17) is 9.15 Å². The fraction of sp³-hybridized carbons (Fsp3) is 0.214. The summed E-state index contributed by atoms with van der Waals surface area (Å²) >= 11 is 3.19. The first kappa shape index (κ1) is 14.6. The van der Waals surface area contributed by atoms with Crippen LogP contribution in [0.15, 0.2) is 39.2 Å². The van der Waals surface area contributed by atoms with E-state index in [-0.39, 0.29) is 5.76 Å². The van der Waals surface area contributed by atoms with Crippen LogP contribution in [0.4, 0.5) is 4.39 Å². The third kappa shape index (κ3) is 3.39. The molecule has 0 aliphatic carbocycles. The van der Waals surface area contributed by atoms with E-state index >= 15 is 0 Å². The average Bonchev–Trinajstić information content (AvgIpc) is 2.86. The van der Waals surface area contributed by atoms with Crippen LogP contribution >= 0.6 is 15.9 Å². The zero-order chi connectivity index (χ0) is 14.7. The lowest BCUT2D eigenvalue weighted by Crippen LogP contribution is -2.03. The van der Waals surface area contributed by atoms with E-state index in [1.54, 1.807) is 19.1 Å². The van der Waals surface area contributed by atoms with Crippen molar-refractivity contribution in [1.29, 1.82) is 0 Å². The van der Waals surface area contributed by atoms with Crippen molar-refractivity contribution in [3.05, 3.63) is 52.1 Å². The third-order valence-electron chi connectivity index (χ3n) is 2.56. The van der Waals surface area contributed by atoms with Crippen molar-refractivity contribution < 1.29 is 23.1 Å². The minimum Gasteiger partial charge on any atom is -0.483 e. The second kappa shape index (κ2) is 6.09. The molecule has 0 aliphatic heterocycles. The van der Waals surface area contributed by atoms with Crippen molar-refractivity contribution in [2.45, 2.75) is 13.0 Å². The maximum atomic E-state index is 13.2. The summed E-state index contributed by atoms with van der Waals surface area (Å²) < 4.78 is 29.3. The standard InChI is InChI=1S/C14H12BrFO4/c1-8(12-3-4-13(20-12)14(17)18-2)19-11-6-9(15)5-10(16)7-11/h3-8H,1-2H3. The summed E-state index contributed by atoms with van der Waals surface area (Å²) in [6.45, 7) is 1.73. The molecule has 0 bridgehead atoms. The van der Waals surface area contributed by atoms with Crippen molar-refractivity contribution in [3.63, 3.8) is 0 Å². The third-order valence-corrected chi connectivity index (χ3v) is 3.02. The molecule has 6 heteroatoms. The van der Waals surface area contributed by atoms with Gasteiger partial charge in [-0.05, 0) is 31.2 Å². The highest BCUT2D eigenvalue weighted by Crippen LogP contribution is 2.26. The van der Waals surface area contributed by atoms with Crippen molar-refractivity contribution >= 4 is 21.9 Å². The van der Waals surface area contributed by atoms with Gasteiger partial charge in [-0.25, -0.2) is 9.18 Å². The quantitative estimate of drug-likeness (QED) is 0.784. The molecular formula is C14H12BrFO4. The molecular weight excluding hydrogens is 331 g/mol. The predicted octanol–water partition coefficient (Wildman–Crippen LogP) is 4.11. The zero-order valence-corrected chi connectivity index (χ0v) is 12.4. The fourth-order valence-corrected chi connectivity index (χ4v) is 2.08. The van der Waals surface area contributed by atoms with Crippen molar-refractivity contribution in [2.24, 2.45) is 0 Å². The number of hydrogen-bond acceptors (Lipinski definition) is 4. The number of methoxy groups -OCH3 is 1. The Labute approximate surface area is 123 Å². The van der Waals surface area contributed by atoms with Gasteiger partial charge >= 0.3 is 5.97 Å². The van der Waals surface area contributed by atoms with E-state index in [2.05, 4.69) is 20.7 Å². The molecule has 0 fully saturated rings. The molecule has 0 radical (unpaired) electrons. The number of furan rings is 1. The van der Waals surface area contributed by atoms with Crippen LogP contribution in [-0.2, 0) is 4.74 Å². The Kier molecular flexibility index (Phi) is 4.44. The molecule has 0 saturated heterocycles. The minimum atomic E-state index is -0.558. The second-order valence-corrected chi connectivity index (χ2v) is 4.97. The summed E-state index contributed by atoms with van der Waals surface area (Å²) in [6.07, 6.45) is -0.470. The predicted molar refractivity (Wildman–Crippen MR) is 73.2 cm³/mol. The van der Waals surface area contributed by atoms with E-state index in [9.17, 15) is 9.18 Å². The van der Waals surface area contributed by atoms with E-state index in [0.29, 0.717) is 16.0 Å². The van der Waals surface area contributed by atoms with Crippen LogP contribution in [0.25, 0.3) is 0 Å². The molecule has 2 aromatic rings. The number of benzene rings is 1. The van der Waals surface area contributed by atoms with Crippen LogP contribution < -0.4 is 4.74 Å². The van der Waals surface area contributed by atoms with Gasteiger partial charge in [0.15, 0.2) is 6.10 Å². The van der Waals surface area contributed by atoms with Gasteiger partial charge in [-0.2, -0.15) is 0 Å². The van der Waals surface area contributed by atoms with Gasteiger partial charge in [0.2, 0.25) is 5.76 Å². The highest BCUT2D eigenvalue weighted by molar-refractivity contribution is 9.10. The summed E-state index contributed by atoms with van der Waals surface area (Å²) in [7, 11) is 1.27. The lowest BCUT2D eigenvalue weighted by Gasteiger charge is -2.12. The van der Waals surface area contributed by atoms with Gasteiger partial charge in [0.1, 0.15) is 17.3 Å². The topological polar surface area (TPSA) is 48.7 Å². The highest BCUT2D eigenvalue weighted by atomic mass is 79.9. The molecule has 4 nitrogen and oxygen atoms in total. The molecule has 106 valence electrons. The summed E-state index contributed by atoms with van der Waals surface area (Å²) in [5, 5.41) is 0. The van der Waals surface area contributed by atoms with Crippen molar-refractivity contribution in [2.75, 3.05) is 7.11 Å². The number of ether oxygens (including phenoxy) is 2. The van der Waals surface area contributed by atoms with Crippen molar-refractivity contribution in [3.8, 4) is 5.75 Å². The molecule has 0 spiro atoms. The maximum absolute atomic E-state index is 13.2. The average molecular weight is 343 g/mol. The Morgan fingerprint density at radius 1 is 1.35 bits per heavy atom. The molecule has 1 aromatic carbocycles. The summed E-state index contributed by atoms with van der Waals surface area (Å²) in [4.78, 5) is 11.3. The summed E-state index contributed by atoms with van der Waals surface area (Å²) in [6, 6.07) is 7.36. The van der Waals surface area contributed by atoms with Gasteiger partial charge in [0.05, 0.1) is 7.11 Å². The molecule has 1 aromatic heterocycles. The number of carbonyl (C=O) groups is 1. The van der Waals surface area contributed by atoms with Crippen molar-refractivity contribution in [1.82, 2.24) is 0 Å². The molecule has 0 aliphatic rings. The Hall–Kier alpha value is -1.82. The van der Waals surface area contributed by atoms with Gasteiger partial charge in [-0.1, -0.05) is 15.9 Å². The Balaban J connectivity index is 2.13. The zero-order valence-electron chi connectivity index (χ0n) is 10.9. The largest absolute Gasteiger partial charge is 0.483 e. The molecule has 1 unspecified atom stereocenters. The molecule has 0 amide bonds. The van der Waals surface area contributed by atoms with Gasteiger partial charge in [-0.15, -0.1) is 0 Å². The number of carbonyl (C=O) groups excluding carboxylic acids is 1. The summed E-state index contributed by atoms with van der Waals surface area (Å²) in [5.74, 6) is -0.0576. The first-order valence-corrected chi connectivity index (χ1v) is 6.59. The Morgan fingerprint density at radius 2 is 2.10 bits per heavy atom. The minimum absolute atomic E-state index is 0.0957. The van der Waals surface area contributed by atoms with E-state index < -0.39 is 17.9 Å². The maximum Gasteiger partial charge on any atom is 0.373 e. The SMILES string of the molecule is COC(=O)c1ccc(C(C)Oc2cc(F)cc(Br)c2)o1. The first-order valence-electron chi connectivity index (χ1n) is 5.80. The van der Waals surface area contributed by atoms with Gasteiger partial charge in [-0.3, -0.25) is 0 Å². The molecule has 2 rings (SSSR count). The van der Waals surface area contributed by atoms with Gasteiger partial charge in [0.25, 0.3) is 0 Å². The normalized spacial score (nSPS) is 12.0. The molecule has 1 heterocycles. The van der Waals surface area contributed by atoms with Crippen LogP contribution in [0.3, 0.4) is 0 Å². The monoisotopic (exact) mass is 342 g/mol. The molecule has 0 N–H and O–H groups in total. The number of esters is 1. The molecule has 1 atom stereocenters. The fourth-order valence-electron chi connectivity index (χ4n) is 1.64. The van der Waals surface area contributed by atoms with E-state index in [0.717, 1.165) is 0 Å². The van der Waals surface area contributed by atoms with E-state index in [1.807, 2.05) is 0 Å². The first-order chi connectivity index (χ1) is 9.49. The highest BCUT2D eigenvalue weighted by Gasteiger charge is 2.16. The number of halogens is 2. The Morgan fingerprint density at radius 3 is 2.75 bits per heavy atom. The lowest BCUT2D eigenvalue weighted by molar-refractivity contribution is 0.0558. The molecule has 0 saturated carbocycles. The van der Waals surface area contributed by atoms with Crippen LogP contribution in [0.5, 0.6) is 5.75 Å². The molecule has 20 heavy (non-hydrogen) atoms. The van der Waals surface area contributed by atoms with Gasteiger partial charge in [0, 0.05) is 10.5 Å². The van der Waals surface area contributed by atoms with Gasteiger partial charge < -0.3 is 13.9 Å². The lowest BCUT2D eigenvalue weighted by atomic mass is 10.3. The summed E-state index contributed by atoms with van der Waals surface area (Å²) in [5.41, 5.74) is 0. The van der Waals surface area contributed by atoms with Crippen LogP contribution in [0.1, 0.15) is 29.3 Å². The van der Waals surface area contributed by atoms with E-state index in [1.165, 1.54) is 25.3 Å². The smallest absolute Gasteiger partial charge is 0.373 e.